The number of sulfone groups is 1. The number of hydrogen-bond donors (Lipinski definition) is 2. The van der Waals surface area contributed by atoms with Gasteiger partial charge in [0.05, 0.1) is 11.0 Å². The molecule has 1 aromatic carbocycles. The molecule has 0 aromatic heterocycles. The molecule has 0 radical (unpaired) electrons. The maximum Gasteiger partial charge on any atom is 0.175 e. The predicted molar refractivity (Wildman–Crippen MR) is 65.9 cm³/mol. The first-order chi connectivity index (χ1) is 7.86. The van der Waals surface area contributed by atoms with Crippen molar-refractivity contribution < 1.29 is 18.6 Å². The molecule has 1 rings (SSSR count). The van der Waals surface area contributed by atoms with Crippen molar-refractivity contribution in [2.24, 2.45) is 0 Å². The zero-order chi connectivity index (χ0) is 13.1. The Balaban J connectivity index is 2.88. The van der Waals surface area contributed by atoms with Gasteiger partial charge in [-0.1, -0.05) is 12.1 Å². The summed E-state index contributed by atoms with van der Waals surface area (Å²) in [6.07, 6.45) is -0.615. The fraction of sp³-hybridized carbons (Fsp3) is 0.455. The molecule has 6 heteroatoms. The molecule has 0 aliphatic rings. The lowest BCUT2D eigenvalue weighted by Gasteiger charge is -2.17. The topological polar surface area (TPSA) is 74.6 Å². The van der Waals surface area contributed by atoms with Crippen LogP contribution in [-0.2, 0) is 9.84 Å². The summed E-state index contributed by atoms with van der Waals surface area (Å²) in [6, 6.07) is 5.78. The van der Waals surface area contributed by atoms with Gasteiger partial charge in [0.1, 0.15) is 6.10 Å². The van der Waals surface area contributed by atoms with Crippen LogP contribution in [0.3, 0.4) is 0 Å². The molecule has 0 fully saturated rings. The van der Waals surface area contributed by atoms with Gasteiger partial charge in [0.2, 0.25) is 0 Å². The number of alkyl halides is 1. The average Bonchev–Trinajstić information content (AvgIpc) is 2.27. The molecule has 0 saturated carbocycles. The third kappa shape index (κ3) is 3.96. The predicted octanol–water partition coefficient (Wildman–Crippen LogP) is 1.11. The SMILES string of the molecule is CS(=O)(=O)c1ccc(C(O)C(O)CCCl)cc1. The van der Waals surface area contributed by atoms with Gasteiger partial charge in [-0.15, -0.1) is 11.6 Å². The average molecular weight is 279 g/mol. The Morgan fingerprint density at radius 2 is 1.76 bits per heavy atom. The summed E-state index contributed by atoms with van der Waals surface area (Å²) >= 11 is 5.46. The molecule has 0 heterocycles. The van der Waals surface area contributed by atoms with E-state index in [4.69, 9.17) is 11.6 Å². The molecule has 0 bridgehead atoms. The molecule has 0 aliphatic heterocycles. The summed E-state index contributed by atoms with van der Waals surface area (Å²) in [6.45, 7) is 0. The molecule has 17 heavy (non-hydrogen) atoms. The first kappa shape index (κ1) is 14.4. The molecule has 0 saturated heterocycles. The van der Waals surface area contributed by atoms with Crippen LogP contribution in [0, 0.1) is 0 Å². The monoisotopic (exact) mass is 278 g/mol. The number of aliphatic hydroxyl groups is 2. The van der Waals surface area contributed by atoms with E-state index in [1.54, 1.807) is 0 Å². The Labute approximate surface area is 106 Å². The van der Waals surface area contributed by atoms with Gasteiger partial charge < -0.3 is 10.2 Å². The zero-order valence-electron chi connectivity index (χ0n) is 9.38. The lowest BCUT2D eigenvalue weighted by molar-refractivity contribution is 0.0170. The minimum Gasteiger partial charge on any atom is -0.390 e. The fourth-order valence-corrected chi connectivity index (χ4v) is 2.26. The van der Waals surface area contributed by atoms with Crippen LogP contribution in [0.5, 0.6) is 0 Å². The highest BCUT2D eigenvalue weighted by atomic mass is 35.5. The van der Waals surface area contributed by atoms with E-state index >= 15 is 0 Å². The molecule has 2 N–H and O–H groups in total. The van der Waals surface area contributed by atoms with E-state index in [1.807, 2.05) is 0 Å². The van der Waals surface area contributed by atoms with Crippen LogP contribution in [-0.4, -0.2) is 36.9 Å². The summed E-state index contributed by atoms with van der Waals surface area (Å²) < 4.78 is 22.4. The Hall–Kier alpha value is -0.620. The quantitative estimate of drug-likeness (QED) is 0.792. The maximum atomic E-state index is 11.2. The standard InChI is InChI=1S/C11H15ClO4S/c1-17(15,16)9-4-2-8(3-5-9)11(14)10(13)6-7-12/h2-5,10-11,13-14H,6-7H2,1H3. The van der Waals surface area contributed by atoms with E-state index in [-0.39, 0.29) is 17.2 Å². The molecule has 96 valence electrons. The van der Waals surface area contributed by atoms with Crippen LogP contribution in [0.25, 0.3) is 0 Å². The van der Waals surface area contributed by atoms with Crippen molar-refractivity contribution in [3.05, 3.63) is 29.8 Å². The molecule has 0 spiro atoms. The second-order valence-corrected chi connectivity index (χ2v) is 6.22. The van der Waals surface area contributed by atoms with E-state index in [0.29, 0.717) is 5.56 Å². The Morgan fingerprint density at radius 1 is 1.24 bits per heavy atom. The summed E-state index contributed by atoms with van der Waals surface area (Å²) in [5, 5.41) is 19.3. The molecular weight excluding hydrogens is 264 g/mol. The molecule has 4 nitrogen and oxygen atoms in total. The zero-order valence-corrected chi connectivity index (χ0v) is 10.9. The van der Waals surface area contributed by atoms with Crippen molar-refractivity contribution in [1.82, 2.24) is 0 Å². The number of hydrogen-bond acceptors (Lipinski definition) is 4. The number of aliphatic hydroxyl groups excluding tert-OH is 2. The minimum absolute atomic E-state index is 0.181. The summed E-state index contributed by atoms with van der Waals surface area (Å²) in [7, 11) is -3.24. The Bertz CT molecular complexity index is 455. The van der Waals surface area contributed by atoms with Crippen LogP contribution in [0.15, 0.2) is 29.2 Å². The summed E-state index contributed by atoms with van der Waals surface area (Å²) in [4.78, 5) is 0.181. The van der Waals surface area contributed by atoms with Crippen molar-refractivity contribution in [1.29, 1.82) is 0 Å². The van der Waals surface area contributed by atoms with Gasteiger partial charge in [-0.2, -0.15) is 0 Å². The van der Waals surface area contributed by atoms with E-state index in [1.165, 1.54) is 24.3 Å². The van der Waals surface area contributed by atoms with Crippen LogP contribution < -0.4 is 0 Å². The first-order valence-corrected chi connectivity index (χ1v) is 7.51. The van der Waals surface area contributed by atoms with Crippen LogP contribution >= 0.6 is 11.6 Å². The Morgan fingerprint density at radius 3 is 2.18 bits per heavy atom. The van der Waals surface area contributed by atoms with Crippen molar-refractivity contribution in [2.75, 3.05) is 12.1 Å². The van der Waals surface area contributed by atoms with Crippen LogP contribution in [0.1, 0.15) is 18.1 Å². The lowest BCUT2D eigenvalue weighted by Crippen LogP contribution is -2.18. The third-order valence-electron chi connectivity index (χ3n) is 2.42. The van der Waals surface area contributed by atoms with E-state index in [2.05, 4.69) is 0 Å². The summed E-state index contributed by atoms with van der Waals surface area (Å²) in [5.41, 5.74) is 0.468. The third-order valence-corrected chi connectivity index (χ3v) is 3.77. The maximum absolute atomic E-state index is 11.2. The van der Waals surface area contributed by atoms with Gasteiger partial charge in [-0.3, -0.25) is 0 Å². The van der Waals surface area contributed by atoms with Crippen molar-refractivity contribution in [3.8, 4) is 0 Å². The van der Waals surface area contributed by atoms with Crippen LogP contribution in [0.2, 0.25) is 0 Å². The second kappa shape index (κ2) is 5.82. The largest absolute Gasteiger partial charge is 0.390 e. The van der Waals surface area contributed by atoms with Crippen molar-refractivity contribution >= 4 is 21.4 Å². The molecule has 2 unspecified atom stereocenters. The Kier molecular flexibility index (Phi) is 4.94. The molecule has 0 amide bonds. The highest BCUT2D eigenvalue weighted by molar-refractivity contribution is 7.90. The molecule has 2 atom stereocenters. The number of halogens is 1. The van der Waals surface area contributed by atoms with E-state index in [9.17, 15) is 18.6 Å². The molecule has 0 aliphatic carbocycles. The highest BCUT2D eigenvalue weighted by Gasteiger charge is 2.18. The van der Waals surface area contributed by atoms with Gasteiger partial charge in [0, 0.05) is 12.1 Å². The first-order valence-electron chi connectivity index (χ1n) is 5.08. The van der Waals surface area contributed by atoms with Crippen molar-refractivity contribution in [3.63, 3.8) is 0 Å². The van der Waals surface area contributed by atoms with Gasteiger partial charge in [-0.25, -0.2) is 8.42 Å². The van der Waals surface area contributed by atoms with Gasteiger partial charge in [-0.05, 0) is 24.1 Å². The van der Waals surface area contributed by atoms with Gasteiger partial charge >= 0.3 is 0 Å². The van der Waals surface area contributed by atoms with Crippen molar-refractivity contribution in [2.45, 2.75) is 23.5 Å². The molecule has 1 aromatic rings. The summed E-state index contributed by atoms with van der Waals surface area (Å²) in [5.74, 6) is 0.250. The van der Waals surface area contributed by atoms with E-state index in [0.717, 1.165) is 6.26 Å². The molecular formula is C11H15ClO4S. The minimum atomic E-state index is -3.24. The second-order valence-electron chi connectivity index (χ2n) is 3.83. The van der Waals surface area contributed by atoms with Gasteiger partial charge in [0.25, 0.3) is 0 Å². The van der Waals surface area contributed by atoms with Crippen LogP contribution in [0.4, 0.5) is 0 Å². The van der Waals surface area contributed by atoms with Gasteiger partial charge in [0.15, 0.2) is 9.84 Å². The van der Waals surface area contributed by atoms with E-state index < -0.39 is 22.0 Å². The normalized spacial score (nSPS) is 15.5. The lowest BCUT2D eigenvalue weighted by atomic mass is 10.0. The highest BCUT2D eigenvalue weighted by Crippen LogP contribution is 2.21. The number of rotatable bonds is 5. The number of benzene rings is 1. The smallest absolute Gasteiger partial charge is 0.175 e. The fourth-order valence-electron chi connectivity index (χ4n) is 1.40.